The van der Waals surface area contributed by atoms with Crippen LogP contribution in [0, 0.1) is 17.8 Å². The number of benzene rings is 2. The number of ether oxygens (including phenoxy) is 2. The van der Waals surface area contributed by atoms with Crippen LogP contribution in [-0.2, 0) is 19.1 Å². The van der Waals surface area contributed by atoms with Crippen LogP contribution in [-0.4, -0.2) is 30.7 Å². The van der Waals surface area contributed by atoms with Gasteiger partial charge in [-0.25, -0.2) is 0 Å². The van der Waals surface area contributed by atoms with Crippen molar-refractivity contribution in [3.05, 3.63) is 42.5 Å². The Labute approximate surface area is 145 Å². The zero-order chi connectivity index (χ0) is 17.0. The third-order valence-electron chi connectivity index (χ3n) is 5.89. The molecule has 0 spiro atoms. The number of carbonyl (C=O) groups excluding carboxylic acids is 2. The maximum atomic E-state index is 12.3. The molecule has 5 atom stereocenters. The highest BCUT2D eigenvalue weighted by Gasteiger charge is 2.63. The molecule has 1 aliphatic heterocycles. The van der Waals surface area contributed by atoms with E-state index in [2.05, 4.69) is 5.32 Å². The van der Waals surface area contributed by atoms with Gasteiger partial charge in [-0.1, -0.05) is 36.4 Å². The molecule has 5 nitrogen and oxygen atoms in total. The number of carbonyl (C=O) groups is 2. The van der Waals surface area contributed by atoms with Crippen molar-refractivity contribution < 1.29 is 19.1 Å². The molecule has 5 heteroatoms. The SMILES string of the molecule is O=C(CNc1cccc2ccccc12)OC1C2CC3C(=O)OC1C3C2. The largest absolute Gasteiger partial charge is 0.458 e. The monoisotopic (exact) mass is 337 g/mol. The van der Waals surface area contributed by atoms with Gasteiger partial charge in [-0.2, -0.15) is 0 Å². The first-order valence-electron chi connectivity index (χ1n) is 8.82. The lowest BCUT2D eigenvalue weighted by Gasteiger charge is -2.25. The van der Waals surface area contributed by atoms with Crippen LogP contribution in [0.5, 0.6) is 0 Å². The zero-order valence-corrected chi connectivity index (χ0v) is 13.7. The van der Waals surface area contributed by atoms with Crippen molar-refractivity contribution in [3.8, 4) is 0 Å². The minimum absolute atomic E-state index is 0.0405. The predicted octanol–water partition coefficient (Wildman–Crippen LogP) is 2.74. The first-order valence-corrected chi connectivity index (χ1v) is 8.82. The van der Waals surface area contributed by atoms with E-state index in [-0.39, 0.29) is 48.4 Å². The first-order chi connectivity index (χ1) is 12.2. The van der Waals surface area contributed by atoms with Gasteiger partial charge < -0.3 is 14.8 Å². The molecule has 128 valence electrons. The van der Waals surface area contributed by atoms with Crippen molar-refractivity contribution in [1.82, 2.24) is 0 Å². The molecule has 5 unspecified atom stereocenters. The highest BCUT2D eigenvalue weighted by atomic mass is 16.6. The minimum atomic E-state index is -0.301. The summed E-state index contributed by atoms with van der Waals surface area (Å²) in [7, 11) is 0. The topological polar surface area (TPSA) is 64.6 Å². The Morgan fingerprint density at radius 3 is 2.92 bits per heavy atom. The van der Waals surface area contributed by atoms with E-state index in [1.807, 2.05) is 42.5 Å². The van der Waals surface area contributed by atoms with Crippen molar-refractivity contribution in [3.63, 3.8) is 0 Å². The van der Waals surface area contributed by atoms with Gasteiger partial charge in [0, 0.05) is 22.9 Å². The van der Waals surface area contributed by atoms with Crippen LogP contribution >= 0.6 is 0 Å². The third-order valence-corrected chi connectivity index (χ3v) is 5.89. The van der Waals surface area contributed by atoms with Crippen LogP contribution in [0.3, 0.4) is 0 Å². The molecule has 1 heterocycles. The van der Waals surface area contributed by atoms with E-state index in [4.69, 9.17) is 9.47 Å². The van der Waals surface area contributed by atoms with Gasteiger partial charge in [0.25, 0.3) is 0 Å². The molecule has 2 aromatic rings. The Hall–Kier alpha value is -2.56. The zero-order valence-electron chi connectivity index (χ0n) is 13.7. The molecule has 0 amide bonds. The predicted molar refractivity (Wildman–Crippen MR) is 91.9 cm³/mol. The van der Waals surface area contributed by atoms with Gasteiger partial charge >= 0.3 is 11.9 Å². The molecule has 5 rings (SSSR count). The molecule has 3 aliphatic rings. The van der Waals surface area contributed by atoms with Crippen molar-refractivity contribution in [2.24, 2.45) is 17.8 Å². The standard InChI is InChI=1S/C20H19NO4/c22-17(10-21-16-7-3-5-11-4-1-2-6-13(11)16)24-18-12-8-14-15(9-12)20(23)25-19(14)18/h1-7,12,14-15,18-19,21H,8-10H2. The van der Waals surface area contributed by atoms with Crippen LogP contribution in [0.4, 0.5) is 5.69 Å². The smallest absolute Gasteiger partial charge is 0.325 e. The van der Waals surface area contributed by atoms with Gasteiger partial charge in [-0.15, -0.1) is 0 Å². The van der Waals surface area contributed by atoms with Gasteiger partial charge in [-0.05, 0) is 24.3 Å². The van der Waals surface area contributed by atoms with E-state index in [1.165, 1.54) is 0 Å². The van der Waals surface area contributed by atoms with E-state index < -0.39 is 0 Å². The van der Waals surface area contributed by atoms with Gasteiger partial charge in [0.15, 0.2) is 0 Å². The Morgan fingerprint density at radius 2 is 2.00 bits per heavy atom. The number of nitrogens with one attached hydrogen (secondary N) is 1. The molecular formula is C20H19NO4. The summed E-state index contributed by atoms with van der Waals surface area (Å²) in [5, 5.41) is 5.37. The average molecular weight is 337 g/mol. The highest BCUT2D eigenvalue weighted by molar-refractivity contribution is 5.94. The van der Waals surface area contributed by atoms with Crippen molar-refractivity contribution in [2.45, 2.75) is 25.0 Å². The second-order valence-electron chi connectivity index (χ2n) is 7.24. The molecule has 2 aliphatic carbocycles. The van der Waals surface area contributed by atoms with Crippen molar-refractivity contribution in [1.29, 1.82) is 0 Å². The van der Waals surface area contributed by atoms with Gasteiger partial charge in [0.1, 0.15) is 18.8 Å². The lowest BCUT2D eigenvalue weighted by molar-refractivity contribution is -0.160. The summed E-state index contributed by atoms with van der Waals surface area (Å²) in [4.78, 5) is 24.1. The molecule has 1 N–H and O–H groups in total. The number of esters is 2. The fourth-order valence-corrected chi connectivity index (χ4v) is 4.80. The fraction of sp³-hybridized carbons (Fsp3) is 0.400. The summed E-state index contributed by atoms with van der Waals surface area (Å²) < 4.78 is 11.1. The summed E-state index contributed by atoms with van der Waals surface area (Å²) in [6.07, 6.45) is 1.25. The molecule has 0 radical (unpaired) electrons. The van der Waals surface area contributed by atoms with Crippen LogP contribution in [0.2, 0.25) is 0 Å². The molecule has 1 saturated heterocycles. The molecule has 25 heavy (non-hydrogen) atoms. The Kier molecular flexibility index (Phi) is 3.23. The summed E-state index contributed by atoms with van der Waals surface area (Å²) >= 11 is 0. The maximum Gasteiger partial charge on any atom is 0.325 e. The van der Waals surface area contributed by atoms with E-state index in [9.17, 15) is 9.59 Å². The van der Waals surface area contributed by atoms with Crippen LogP contribution < -0.4 is 5.32 Å². The lowest BCUT2D eigenvalue weighted by atomic mass is 9.88. The second kappa shape index (κ2) is 5.48. The summed E-state index contributed by atoms with van der Waals surface area (Å²) in [6.45, 7) is 0.103. The fourth-order valence-electron chi connectivity index (χ4n) is 4.80. The van der Waals surface area contributed by atoms with Crippen molar-refractivity contribution >= 4 is 28.4 Å². The van der Waals surface area contributed by atoms with Gasteiger partial charge in [0.2, 0.25) is 0 Å². The first kappa shape index (κ1) is 14.8. The molecule has 0 aromatic heterocycles. The summed E-state index contributed by atoms with van der Waals surface area (Å²) in [6, 6.07) is 14.0. The van der Waals surface area contributed by atoms with E-state index in [1.54, 1.807) is 0 Å². The molecule has 2 bridgehead atoms. The Morgan fingerprint density at radius 1 is 1.16 bits per heavy atom. The normalized spacial score (nSPS) is 32.0. The number of rotatable bonds is 4. The quantitative estimate of drug-likeness (QED) is 0.869. The highest BCUT2D eigenvalue weighted by Crippen LogP contribution is 2.55. The lowest BCUT2D eigenvalue weighted by Crippen LogP contribution is -2.37. The Bertz CT molecular complexity index is 858. The van der Waals surface area contributed by atoms with Crippen molar-refractivity contribution in [2.75, 3.05) is 11.9 Å². The van der Waals surface area contributed by atoms with Crippen LogP contribution in [0.1, 0.15) is 12.8 Å². The summed E-state index contributed by atoms with van der Waals surface area (Å²) in [5.41, 5.74) is 0.912. The molecule has 2 saturated carbocycles. The number of fused-ring (bicyclic) bond motifs is 2. The third kappa shape index (κ3) is 2.29. The van der Waals surface area contributed by atoms with Gasteiger partial charge in [0.05, 0.1) is 5.92 Å². The van der Waals surface area contributed by atoms with E-state index in [0.29, 0.717) is 0 Å². The van der Waals surface area contributed by atoms with E-state index in [0.717, 1.165) is 29.3 Å². The molecule has 3 fully saturated rings. The molecular weight excluding hydrogens is 318 g/mol. The average Bonchev–Trinajstić information content (AvgIpc) is 3.25. The number of hydrogen-bond donors (Lipinski definition) is 1. The summed E-state index contributed by atoms with van der Waals surface area (Å²) in [5.74, 6) is 0.156. The Balaban J connectivity index is 1.25. The molecule has 2 aromatic carbocycles. The van der Waals surface area contributed by atoms with Crippen LogP contribution in [0.15, 0.2) is 42.5 Å². The van der Waals surface area contributed by atoms with Crippen LogP contribution in [0.25, 0.3) is 10.8 Å². The number of hydrogen-bond acceptors (Lipinski definition) is 5. The maximum absolute atomic E-state index is 12.3. The number of anilines is 1. The second-order valence-corrected chi connectivity index (χ2v) is 7.24. The van der Waals surface area contributed by atoms with E-state index >= 15 is 0 Å². The van der Waals surface area contributed by atoms with Gasteiger partial charge in [-0.3, -0.25) is 9.59 Å². The minimum Gasteiger partial charge on any atom is -0.458 e.